The Labute approximate surface area is 277 Å². The number of hydrogen-bond donors (Lipinski definition) is 2. The number of pyridine rings is 1. The van der Waals surface area contributed by atoms with Crippen molar-refractivity contribution in [3.8, 4) is 34.8 Å². The predicted molar refractivity (Wildman–Crippen MR) is 177 cm³/mol. The van der Waals surface area contributed by atoms with Crippen LogP contribution in [0.15, 0.2) is 96.3 Å². The smallest absolute Gasteiger partial charge is 0.412 e. The van der Waals surface area contributed by atoms with Gasteiger partial charge in [-0.05, 0) is 53.4 Å². The van der Waals surface area contributed by atoms with Crippen LogP contribution in [0.3, 0.4) is 0 Å². The molecule has 1 amide bonds. The molecule has 5 aromatic rings. The molecule has 0 spiro atoms. The number of benzene rings is 2. The number of methoxy groups -OCH3 is 1. The van der Waals surface area contributed by atoms with Crippen molar-refractivity contribution in [1.29, 1.82) is 0 Å². The number of nitrogens with zero attached hydrogens (tertiary/aromatic N) is 5. The van der Waals surface area contributed by atoms with Crippen LogP contribution >= 0.6 is 0 Å². The predicted octanol–water partition coefficient (Wildman–Crippen LogP) is 5.86. The van der Waals surface area contributed by atoms with E-state index in [-0.39, 0.29) is 58.4 Å². The van der Waals surface area contributed by atoms with Gasteiger partial charge in [0.05, 0.1) is 12.0 Å². The normalized spacial score (nSPS) is 11.3. The highest BCUT2D eigenvalue weighted by atomic mass is 32.2. The minimum Gasteiger partial charge on any atom is -0.493 e. The Bertz CT molecular complexity index is 1960. The minimum absolute atomic E-state index is 0.00958. The molecule has 0 saturated heterocycles. The van der Waals surface area contributed by atoms with Crippen LogP contribution in [0.25, 0.3) is 11.6 Å². The Morgan fingerprint density at radius 1 is 0.792 bits per heavy atom. The molecule has 0 bridgehead atoms. The Morgan fingerprint density at radius 3 is 2.15 bits per heavy atom. The molecule has 0 aliphatic carbocycles. The van der Waals surface area contributed by atoms with Crippen LogP contribution in [0, 0.1) is 0 Å². The van der Waals surface area contributed by atoms with Crippen LogP contribution in [-0.4, -0.2) is 59.8 Å². The van der Waals surface area contributed by atoms with Gasteiger partial charge in [-0.25, -0.2) is 33.1 Å². The molecule has 0 radical (unpaired) electrons. The Hall–Kier alpha value is -5.83. The number of carbonyl (C=O) groups is 1. The summed E-state index contributed by atoms with van der Waals surface area (Å²) in [6.07, 6.45) is 3.74. The number of hydrogen-bond acceptors (Lipinski definition) is 12. The summed E-state index contributed by atoms with van der Waals surface area (Å²) in [6, 6.07) is 19.9. The maximum absolute atomic E-state index is 13.7. The summed E-state index contributed by atoms with van der Waals surface area (Å²) in [5, 5.41) is 2.50. The average molecular weight is 672 g/mol. The van der Waals surface area contributed by atoms with Crippen molar-refractivity contribution in [2.24, 2.45) is 0 Å². The zero-order chi connectivity index (χ0) is 34.1. The minimum atomic E-state index is -4.22. The van der Waals surface area contributed by atoms with Crippen molar-refractivity contribution < 1.29 is 32.2 Å². The Balaban J connectivity index is 1.51. The lowest BCUT2D eigenvalue weighted by molar-refractivity contribution is 0.135. The van der Waals surface area contributed by atoms with E-state index in [2.05, 4.69) is 35.0 Å². The summed E-state index contributed by atoms with van der Waals surface area (Å²) < 4.78 is 52.8. The van der Waals surface area contributed by atoms with Crippen molar-refractivity contribution in [2.75, 3.05) is 30.4 Å². The maximum atomic E-state index is 13.7. The fourth-order valence-corrected chi connectivity index (χ4v) is 5.19. The van der Waals surface area contributed by atoms with Crippen LogP contribution in [0.1, 0.15) is 26.3 Å². The van der Waals surface area contributed by atoms with E-state index in [0.29, 0.717) is 11.6 Å². The number of aromatic nitrogens is 5. The first kappa shape index (κ1) is 33.5. The van der Waals surface area contributed by atoms with E-state index in [4.69, 9.17) is 18.9 Å². The number of carbonyl (C=O) groups excluding carboxylic acids is 1. The van der Waals surface area contributed by atoms with Gasteiger partial charge in [-0.1, -0.05) is 51.1 Å². The third kappa shape index (κ3) is 8.50. The lowest BCUT2D eigenvalue weighted by Crippen LogP contribution is -2.19. The van der Waals surface area contributed by atoms with E-state index in [1.807, 2.05) is 20.8 Å². The van der Waals surface area contributed by atoms with Gasteiger partial charge in [0.2, 0.25) is 11.6 Å². The first-order valence-electron chi connectivity index (χ1n) is 14.6. The van der Waals surface area contributed by atoms with Gasteiger partial charge in [-0.3, -0.25) is 10.0 Å². The van der Waals surface area contributed by atoms with E-state index in [1.165, 1.54) is 37.8 Å². The van der Waals surface area contributed by atoms with E-state index >= 15 is 0 Å². The lowest BCUT2D eigenvalue weighted by atomic mass is 9.87. The van der Waals surface area contributed by atoms with E-state index in [0.717, 1.165) is 5.56 Å². The van der Waals surface area contributed by atoms with E-state index in [9.17, 15) is 13.2 Å². The SMILES string of the molecule is COc1ccccc1Oc1c(NS(=O)(=O)c2ccc(C(C)(C)C)cc2)nc(-c2ncccn2)nc1OCCOC(=O)Nc1ccccn1. The number of ether oxygens (including phenoxy) is 4. The summed E-state index contributed by atoms with van der Waals surface area (Å²) in [5.74, 6) is 0.268. The second-order valence-electron chi connectivity index (χ2n) is 11.1. The molecule has 3 heterocycles. The first-order chi connectivity index (χ1) is 23.0. The molecular formula is C33H33N7O7S. The standard InChI is InChI=1S/C33H33N7O7S/c1-33(2,3)22-13-15-23(16-14-22)48(42,43)40-28-27(47-25-11-6-5-10-24(25)44-4)31(39-30(38-28)29-35-18-9-19-36-29)45-20-21-46-32(41)37-26-12-7-8-17-34-26/h5-19H,20-21H2,1-4H3,(H,34,37,41)(H,38,39,40). The van der Waals surface area contributed by atoms with Crippen molar-refractivity contribution in [3.05, 3.63) is 97.0 Å². The quantitative estimate of drug-likeness (QED) is 0.151. The van der Waals surface area contributed by atoms with Crippen LogP contribution in [0.5, 0.6) is 23.1 Å². The highest BCUT2D eigenvalue weighted by Crippen LogP contribution is 2.41. The van der Waals surface area contributed by atoms with Gasteiger partial charge < -0.3 is 18.9 Å². The highest BCUT2D eigenvalue weighted by molar-refractivity contribution is 7.92. The topological polar surface area (TPSA) is 177 Å². The third-order valence-electron chi connectivity index (χ3n) is 6.59. The second-order valence-corrected chi connectivity index (χ2v) is 12.7. The molecule has 3 aromatic heterocycles. The molecule has 2 N–H and O–H groups in total. The summed E-state index contributed by atoms with van der Waals surface area (Å²) in [4.78, 5) is 33.6. The molecule has 15 heteroatoms. The van der Waals surface area contributed by atoms with Gasteiger partial charge >= 0.3 is 6.09 Å². The molecule has 248 valence electrons. The van der Waals surface area contributed by atoms with Gasteiger partial charge in [-0.15, -0.1) is 0 Å². The average Bonchev–Trinajstić information content (AvgIpc) is 3.08. The largest absolute Gasteiger partial charge is 0.493 e. The second kappa shape index (κ2) is 14.7. The number of para-hydroxylation sites is 2. The molecule has 48 heavy (non-hydrogen) atoms. The molecular weight excluding hydrogens is 638 g/mol. The molecule has 0 fully saturated rings. The zero-order valence-electron chi connectivity index (χ0n) is 26.6. The highest BCUT2D eigenvalue weighted by Gasteiger charge is 2.26. The number of anilines is 2. The van der Waals surface area contributed by atoms with Crippen molar-refractivity contribution in [2.45, 2.75) is 31.1 Å². The summed E-state index contributed by atoms with van der Waals surface area (Å²) in [7, 11) is -2.76. The van der Waals surface area contributed by atoms with E-state index in [1.54, 1.807) is 60.7 Å². The fraction of sp³-hybridized carbons (Fsp3) is 0.212. The first-order valence-corrected chi connectivity index (χ1v) is 16.1. The molecule has 0 saturated carbocycles. The fourth-order valence-electron chi connectivity index (χ4n) is 4.19. The van der Waals surface area contributed by atoms with Crippen LogP contribution in [0.2, 0.25) is 0 Å². The maximum Gasteiger partial charge on any atom is 0.412 e. The number of sulfonamides is 1. The van der Waals surface area contributed by atoms with Gasteiger partial charge in [0.15, 0.2) is 23.1 Å². The van der Waals surface area contributed by atoms with Crippen molar-refractivity contribution in [3.63, 3.8) is 0 Å². The van der Waals surface area contributed by atoms with Crippen LogP contribution in [-0.2, 0) is 20.2 Å². The summed E-state index contributed by atoms with van der Waals surface area (Å²) in [6.45, 7) is 5.68. The molecule has 2 aromatic carbocycles. The van der Waals surface area contributed by atoms with Gasteiger partial charge in [0, 0.05) is 18.6 Å². The van der Waals surface area contributed by atoms with Crippen LogP contribution < -0.4 is 24.2 Å². The molecule has 0 atom stereocenters. The van der Waals surface area contributed by atoms with E-state index < -0.39 is 16.1 Å². The number of nitrogens with one attached hydrogen (secondary N) is 2. The Morgan fingerprint density at radius 2 is 1.48 bits per heavy atom. The van der Waals surface area contributed by atoms with Gasteiger partial charge in [-0.2, -0.15) is 4.98 Å². The zero-order valence-corrected chi connectivity index (χ0v) is 27.4. The van der Waals surface area contributed by atoms with Gasteiger partial charge in [0.25, 0.3) is 15.9 Å². The molecule has 5 rings (SSSR count). The summed E-state index contributed by atoms with van der Waals surface area (Å²) >= 11 is 0. The molecule has 14 nitrogen and oxygen atoms in total. The van der Waals surface area contributed by atoms with Crippen molar-refractivity contribution in [1.82, 2.24) is 24.9 Å². The number of rotatable bonds is 12. The summed E-state index contributed by atoms with van der Waals surface area (Å²) in [5.41, 5.74) is 0.774. The molecule has 0 unspecified atom stereocenters. The number of amides is 1. The molecule has 0 aliphatic heterocycles. The molecule has 0 aliphatic rings. The van der Waals surface area contributed by atoms with Crippen LogP contribution in [0.4, 0.5) is 16.4 Å². The third-order valence-corrected chi connectivity index (χ3v) is 7.95. The van der Waals surface area contributed by atoms with Gasteiger partial charge in [0.1, 0.15) is 19.0 Å². The lowest BCUT2D eigenvalue weighted by Gasteiger charge is -2.20. The Kier molecular flexibility index (Phi) is 10.3. The van der Waals surface area contributed by atoms with Crippen molar-refractivity contribution >= 4 is 27.8 Å². The monoisotopic (exact) mass is 671 g/mol.